The fourth-order valence-electron chi connectivity index (χ4n) is 2.20. The van der Waals surface area contributed by atoms with E-state index in [4.69, 9.17) is 4.74 Å². The number of aliphatic imine (C=N–C) groups is 1. The number of ether oxygens (including phenoxy) is 1. The zero-order valence-electron chi connectivity index (χ0n) is 15.2. The van der Waals surface area contributed by atoms with Gasteiger partial charge in [-0.2, -0.15) is 0 Å². The topological polar surface area (TPSA) is 45.7 Å². The number of guanidine groups is 1. The molecule has 2 aromatic rings. The summed E-state index contributed by atoms with van der Waals surface area (Å²) in [5.41, 5.74) is 3.64. The molecule has 5 heteroatoms. The summed E-state index contributed by atoms with van der Waals surface area (Å²) in [6.07, 6.45) is 0.255. The maximum Gasteiger partial charge on any atom is 0.191 e. The van der Waals surface area contributed by atoms with Crippen molar-refractivity contribution < 1.29 is 4.74 Å². The Morgan fingerprint density at radius 1 is 0.880 bits per heavy atom. The van der Waals surface area contributed by atoms with Gasteiger partial charge in [-0.05, 0) is 30.5 Å². The summed E-state index contributed by atoms with van der Waals surface area (Å²) in [4.78, 5) is 4.26. The highest BCUT2D eigenvalue weighted by atomic mass is 127. The van der Waals surface area contributed by atoms with Crippen molar-refractivity contribution >= 4 is 29.9 Å². The molecule has 2 rings (SSSR count). The first-order valence-electron chi connectivity index (χ1n) is 8.35. The normalized spacial score (nSPS) is 11.1. The van der Waals surface area contributed by atoms with Crippen molar-refractivity contribution in [3.8, 4) is 0 Å². The van der Waals surface area contributed by atoms with E-state index in [1.165, 1.54) is 16.7 Å². The molecule has 2 N–H and O–H groups in total. The van der Waals surface area contributed by atoms with E-state index in [9.17, 15) is 0 Å². The molecule has 0 aliphatic heterocycles. The molecule has 0 atom stereocenters. The van der Waals surface area contributed by atoms with Gasteiger partial charge in [0.15, 0.2) is 5.96 Å². The third kappa shape index (κ3) is 8.36. The quantitative estimate of drug-likeness (QED) is 0.377. The van der Waals surface area contributed by atoms with Crippen molar-refractivity contribution in [2.24, 2.45) is 4.99 Å². The van der Waals surface area contributed by atoms with Crippen molar-refractivity contribution in [3.63, 3.8) is 0 Å². The van der Waals surface area contributed by atoms with Crippen molar-refractivity contribution in [1.29, 1.82) is 0 Å². The largest absolute Gasteiger partial charge is 0.374 e. The van der Waals surface area contributed by atoms with E-state index in [1.54, 1.807) is 7.05 Å². The highest BCUT2D eigenvalue weighted by molar-refractivity contribution is 14.0. The van der Waals surface area contributed by atoms with Crippen molar-refractivity contribution in [2.75, 3.05) is 7.05 Å². The molecule has 0 saturated carbocycles. The third-order valence-corrected chi connectivity index (χ3v) is 3.59. The van der Waals surface area contributed by atoms with Gasteiger partial charge in [0.1, 0.15) is 0 Å². The monoisotopic (exact) mass is 453 g/mol. The summed E-state index contributed by atoms with van der Waals surface area (Å²) in [7, 11) is 1.78. The highest BCUT2D eigenvalue weighted by Crippen LogP contribution is 2.07. The molecule has 0 fully saturated rings. The van der Waals surface area contributed by atoms with Crippen LogP contribution in [0.4, 0.5) is 0 Å². The Labute approximate surface area is 168 Å². The molecule has 0 spiro atoms. The van der Waals surface area contributed by atoms with Crippen LogP contribution in [0.3, 0.4) is 0 Å². The maximum atomic E-state index is 5.61. The molecular formula is C20H28IN3O. The zero-order chi connectivity index (χ0) is 17.2. The van der Waals surface area contributed by atoms with E-state index in [-0.39, 0.29) is 30.1 Å². The highest BCUT2D eigenvalue weighted by Gasteiger charge is 2.00. The molecular weight excluding hydrogens is 425 g/mol. The third-order valence-electron chi connectivity index (χ3n) is 3.59. The molecule has 0 radical (unpaired) electrons. The lowest BCUT2D eigenvalue weighted by atomic mass is 10.1. The Balaban J connectivity index is 0.00000312. The average molecular weight is 453 g/mol. The van der Waals surface area contributed by atoms with Crippen LogP contribution in [0, 0.1) is 0 Å². The van der Waals surface area contributed by atoms with Crippen LogP contribution in [0.25, 0.3) is 0 Å². The molecule has 0 amide bonds. The molecule has 0 aliphatic carbocycles. The second-order valence-corrected chi connectivity index (χ2v) is 5.94. The molecule has 0 aromatic heterocycles. The van der Waals surface area contributed by atoms with Crippen molar-refractivity contribution in [1.82, 2.24) is 10.6 Å². The van der Waals surface area contributed by atoms with Gasteiger partial charge >= 0.3 is 0 Å². The van der Waals surface area contributed by atoms with Gasteiger partial charge < -0.3 is 15.4 Å². The van der Waals surface area contributed by atoms with Crippen LogP contribution in [0.5, 0.6) is 0 Å². The molecule has 0 saturated heterocycles. The van der Waals surface area contributed by atoms with Gasteiger partial charge in [-0.15, -0.1) is 24.0 Å². The number of hydrogen-bond acceptors (Lipinski definition) is 2. The van der Waals surface area contributed by atoms with Gasteiger partial charge in [0.25, 0.3) is 0 Å². The molecule has 0 aliphatic rings. The first-order chi connectivity index (χ1) is 11.7. The van der Waals surface area contributed by atoms with E-state index in [1.807, 2.05) is 32.0 Å². The number of hydrogen-bond donors (Lipinski definition) is 2. The van der Waals surface area contributed by atoms with Gasteiger partial charge in [0.05, 0.1) is 12.7 Å². The summed E-state index contributed by atoms with van der Waals surface area (Å²) in [6, 6.07) is 18.8. The van der Waals surface area contributed by atoms with Crippen LogP contribution in [0.1, 0.15) is 30.5 Å². The fraction of sp³-hybridized carbons (Fsp3) is 0.350. The number of nitrogens with zero attached hydrogens (tertiary/aromatic N) is 1. The number of halogens is 1. The Kier molecular flexibility index (Phi) is 10.2. The molecule has 0 bridgehead atoms. The molecule has 2 aromatic carbocycles. The molecule has 0 unspecified atom stereocenters. The van der Waals surface area contributed by atoms with Crippen molar-refractivity contribution in [2.45, 2.75) is 39.6 Å². The van der Waals surface area contributed by atoms with E-state index >= 15 is 0 Å². The summed E-state index contributed by atoms with van der Waals surface area (Å²) in [5.74, 6) is 0.797. The summed E-state index contributed by atoms with van der Waals surface area (Å²) in [5, 5.41) is 6.65. The van der Waals surface area contributed by atoms with Gasteiger partial charge in [-0.3, -0.25) is 4.99 Å². The Bertz CT molecular complexity index is 627. The number of rotatable bonds is 7. The molecule has 136 valence electrons. The summed E-state index contributed by atoms with van der Waals surface area (Å²) < 4.78 is 5.61. The minimum atomic E-state index is 0. The zero-order valence-corrected chi connectivity index (χ0v) is 17.5. The molecule has 25 heavy (non-hydrogen) atoms. The van der Waals surface area contributed by atoms with Crippen LogP contribution in [-0.2, 0) is 24.4 Å². The maximum absolute atomic E-state index is 5.61. The standard InChI is InChI=1S/C20H27N3O.HI/c1-16(2)24-15-19-11-9-18(10-12-19)14-23-20(21-3)22-13-17-7-5-4-6-8-17;/h4-12,16H,13-15H2,1-3H3,(H2,21,22,23);1H. The van der Waals surface area contributed by atoms with Crippen LogP contribution >= 0.6 is 24.0 Å². The van der Waals surface area contributed by atoms with Crippen molar-refractivity contribution in [3.05, 3.63) is 71.3 Å². The minimum absolute atomic E-state index is 0. The van der Waals surface area contributed by atoms with Gasteiger partial charge in [-0.1, -0.05) is 54.6 Å². The van der Waals surface area contributed by atoms with Crippen LogP contribution in [0.2, 0.25) is 0 Å². The summed E-state index contributed by atoms with van der Waals surface area (Å²) >= 11 is 0. The fourth-order valence-corrected chi connectivity index (χ4v) is 2.20. The SMILES string of the molecule is CN=C(NCc1ccccc1)NCc1ccc(COC(C)C)cc1.I. The van der Waals surface area contributed by atoms with E-state index in [0.717, 1.165) is 19.0 Å². The second kappa shape index (κ2) is 11.9. The van der Waals surface area contributed by atoms with Crippen LogP contribution in [-0.4, -0.2) is 19.1 Å². The second-order valence-electron chi connectivity index (χ2n) is 5.94. The van der Waals surface area contributed by atoms with Gasteiger partial charge in [0, 0.05) is 20.1 Å². The Morgan fingerprint density at radius 2 is 1.40 bits per heavy atom. The minimum Gasteiger partial charge on any atom is -0.374 e. The lowest BCUT2D eigenvalue weighted by Crippen LogP contribution is -2.36. The first kappa shape index (κ1) is 21.4. The van der Waals surface area contributed by atoms with Crippen LogP contribution < -0.4 is 10.6 Å². The predicted octanol–water partition coefficient (Wildman–Crippen LogP) is 4.09. The molecule has 0 heterocycles. The first-order valence-corrected chi connectivity index (χ1v) is 8.35. The van der Waals surface area contributed by atoms with E-state index in [2.05, 4.69) is 52.0 Å². The average Bonchev–Trinajstić information content (AvgIpc) is 2.62. The van der Waals surface area contributed by atoms with Gasteiger partial charge in [0.2, 0.25) is 0 Å². The molecule has 4 nitrogen and oxygen atoms in total. The van der Waals surface area contributed by atoms with Gasteiger partial charge in [-0.25, -0.2) is 0 Å². The lowest BCUT2D eigenvalue weighted by molar-refractivity contribution is 0.0657. The predicted molar refractivity (Wildman–Crippen MR) is 115 cm³/mol. The number of benzene rings is 2. The lowest BCUT2D eigenvalue weighted by Gasteiger charge is -2.12. The smallest absolute Gasteiger partial charge is 0.191 e. The Morgan fingerprint density at radius 3 is 1.92 bits per heavy atom. The van der Waals surface area contributed by atoms with E-state index < -0.39 is 0 Å². The van der Waals surface area contributed by atoms with Crippen LogP contribution in [0.15, 0.2) is 59.6 Å². The summed E-state index contributed by atoms with van der Waals surface area (Å²) in [6.45, 7) is 6.25. The Hall–Kier alpha value is -1.60. The number of nitrogens with one attached hydrogen (secondary N) is 2. The van der Waals surface area contributed by atoms with E-state index in [0.29, 0.717) is 6.61 Å².